The second kappa shape index (κ2) is 6.56. The molecule has 106 valence electrons. The predicted octanol–water partition coefficient (Wildman–Crippen LogP) is 1.89. The summed E-state index contributed by atoms with van der Waals surface area (Å²) in [5.41, 5.74) is 6.87. The summed E-state index contributed by atoms with van der Waals surface area (Å²) in [5, 5.41) is 0. The zero-order valence-electron chi connectivity index (χ0n) is 10.7. The van der Waals surface area contributed by atoms with Gasteiger partial charge in [-0.25, -0.2) is 0 Å². The molecule has 0 bridgehead atoms. The van der Waals surface area contributed by atoms with E-state index in [2.05, 4.69) is 0 Å². The van der Waals surface area contributed by atoms with Crippen LogP contribution in [0.25, 0.3) is 0 Å². The first kappa shape index (κ1) is 15.5. The Balaban J connectivity index is 2.75. The molecule has 0 spiro atoms. The Bertz CT molecular complexity index is 432. The summed E-state index contributed by atoms with van der Waals surface area (Å²) in [5.74, 6) is -0.558. The third-order valence-corrected chi connectivity index (χ3v) is 2.72. The molecule has 1 aromatic rings. The Labute approximate surface area is 110 Å². The molecule has 19 heavy (non-hydrogen) atoms. The maximum Gasteiger partial charge on any atom is 0.406 e. The number of aryl methyl sites for hydroxylation is 1. The van der Waals surface area contributed by atoms with E-state index < -0.39 is 18.6 Å². The Hall–Kier alpha value is -1.56. The van der Waals surface area contributed by atoms with Gasteiger partial charge in [0.15, 0.2) is 0 Å². The van der Waals surface area contributed by atoms with E-state index in [0.717, 1.165) is 16.0 Å². The SMILES string of the molecule is Cc1ccccc1CC(=O)N(CCN)CC(F)(F)F. The number of rotatable bonds is 5. The van der Waals surface area contributed by atoms with Crippen molar-refractivity contribution in [3.8, 4) is 0 Å². The minimum atomic E-state index is -4.41. The molecule has 0 saturated heterocycles. The number of hydrogen-bond donors (Lipinski definition) is 1. The van der Waals surface area contributed by atoms with Crippen LogP contribution in [-0.2, 0) is 11.2 Å². The van der Waals surface area contributed by atoms with Crippen LogP contribution in [0.5, 0.6) is 0 Å². The number of nitrogens with zero attached hydrogens (tertiary/aromatic N) is 1. The van der Waals surface area contributed by atoms with Crippen LogP contribution >= 0.6 is 0 Å². The molecule has 2 N–H and O–H groups in total. The Morgan fingerprint density at radius 2 is 1.95 bits per heavy atom. The van der Waals surface area contributed by atoms with E-state index in [-0.39, 0.29) is 19.5 Å². The normalized spacial score (nSPS) is 11.4. The molecule has 0 atom stereocenters. The first-order valence-electron chi connectivity index (χ1n) is 5.92. The van der Waals surface area contributed by atoms with Crippen molar-refractivity contribution in [3.63, 3.8) is 0 Å². The van der Waals surface area contributed by atoms with Crippen molar-refractivity contribution < 1.29 is 18.0 Å². The second-order valence-corrected chi connectivity index (χ2v) is 4.32. The Morgan fingerprint density at radius 1 is 1.32 bits per heavy atom. The molecule has 0 radical (unpaired) electrons. The van der Waals surface area contributed by atoms with Gasteiger partial charge in [0.1, 0.15) is 6.54 Å². The molecule has 1 amide bonds. The van der Waals surface area contributed by atoms with Gasteiger partial charge >= 0.3 is 6.18 Å². The summed E-state index contributed by atoms with van der Waals surface area (Å²) in [6.45, 7) is 0.481. The molecule has 0 aliphatic carbocycles. The van der Waals surface area contributed by atoms with Crippen molar-refractivity contribution in [2.75, 3.05) is 19.6 Å². The first-order valence-corrected chi connectivity index (χ1v) is 5.92. The molecule has 0 aliphatic rings. The van der Waals surface area contributed by atoms with E-state index in [1.54, 1.807) is 12.1 Å². The second-order valence-electron chi connectivity index (χ2n) is 4.32. The van der Waals surface area contributed by atoms with Crippen molar-refractivity contribution in [2.24, 2.45) is 5.73 Å². The van der Waals surface area contributed by atoms with Crippen LogP contribution in [0.3, 0.4) is 0 Å². The smallest absolute Gasteiger partial charge is 0.332 e. The highest BCUT2D eigenvalue weighted by Gasteiger charge is 2.32. The molecule has 0 heterocycles. The van der Waals surface area contributed by atoms with Gasteiger partial charge in [0.05, 0.1) is 6.42 Å². The highest BCUT2D eigenvalue weighted by Crippen LogP contribution is 2.17. The number of benzene rings is 1. The zero-order valence-corrected chi connectivity index (χ0v) is 10.7. The lowest BCUT2D eigenvalue weighted by Gasteiger charge is -2.23. The van der Waals surface area contributed by atoms with E-state index in [9.17, 15) is 18.0 Å². The van der Waals surface area contributed by atoms with Gasteiger partial charge in [-0.3, -0.25) is 4.79 Å². The van der Waals surface area contributed by atoms with Crippen molar-refractivity contribution in [1.29, 1.82) is 0 Å². The number of carbonyl (C=O) groups is 1. The average molecular weight is 274 g/mol. The minimum absolute atomic E-state index is 0.00952. The third kappa shape index (κ3) is 5.30. The lowest BCUT2D eigenvalue weighted by atomic mass is 10.1. The number of halogens is 3. The van der Waals surface area contributed by atoms with Gasteiger partial charge in [0.25, 0.3) is 0 Å². The van der Waals surface area contributed by atoms with E-state index in [4.69, 9.17) is 5.73 Å². The maximum atomic E-state index is 12.4. The monoisotopic (exact) mass is 274 g/mol. The number of amides is 1. The predicted molar refractivity (Wildman–Crippen MR) is 66.6 cm³/mol. The molecule has 1 rings (SSSR count). The van der Waals surface area contributed by atoms with Crippen molar-refractivity contribution in [2.45, 2.75) is 19.5 Å². The van der Waals surface area contributed by atoms with Crippen molar-refractivity contribution in [3.05, 3.63) is 35.4 Å². The van der Waals surface area contributed by atoms with Gasteiger partial charge in [-0.1, -0.05) is 24.3 Å². The van der Waals surface area contributed by atoms with Gasteiger partial charge in [-0.05, 0) is 18.1 Å². The Morgan fingerprint density at radius 3 is 2.47 bits per heavy atom. The topological polar surface area (TPSA) is 46.3 Å². The molecular weight excluding hydrogens is 257 g/mol. The van der Waals surface area contributed by atoms with Crippen LogP contribution in [0.2, 0.25) is 0 Å². The fourth-order valence-corrected chi connectivity index (χ4v) is 1.75. The van der Waals surface area contributed by atoms with Crippen LogP contribution in [-0.4, -0.2) is 36.6 Å². The van der Waals surface area contributed by atoms with Gasteiger partial charge in [-0.2, -0.15) is 13.2 Å². The molecule has 1 aromatic carbocycles. The van der Waals surface area contributed by atoms with Gasteiger partial charge in [0.2, 0.25) is 5.91 Å². The van der Waals surface area contributed by atoms with Crippen molar-refractivity contribution in [1.82, 2.24) is 4.90 Å². The quantitative estimate of drug-likeness (QED) is 0.891. The average Bonchev–Trinajstić information content (AvgIpc) is 2.30. The summed E-state index contributed by atoms with van der Waals surface area (Å²) in [4.78, 5) is 12.7. The van der Waals surface area contributed by atoms with Gasteiger partial charge in [-0.15, -0.1) is 0 Å². The van der Waals surface area contributed by atoms with Crippen LogP contribution in [0.1, 0.15) is 11.1 Å². The molecule has 3 nitrogen and oxygen atoms in total. The van der Waals surface area contributed by atoms with Crippen LogP contribution in [0.15, 0.2) is 24.3 Å². The van der Waals surface area contributed by atoms with E-state index >= 15 is 0 Å². The zero-order chi connectivity index (χ0) is 14.5. The summed E-state index contributed by atoms with van der Waals surface area (Å²) in [7, 11) is 0. The lowest BCUT2D eigenvalue weighted by Crippen LogP contribution is -2.42. The van der Waals surface area contributed by atoms with E-state index in [1.807, 2.05) is 19.1 Å². The number of hydrogen-bond acceptors (Lipinski definition) is 2. The van der Waals surface area contributed by atoms with E-state index in [1.165, 1.54) is 0 Å². The molecule has 0 saturated carbocycles. The molecule has 0 fully saturated rings. The summed E-state index contributed by atoms with van der Waals surface area (Å²) in [6, 6.07) is 7.13. The minimum Gasteiger partial charge on any atom is -0.332 e. The summed E-state index contributed by atoms with van der Waals surface area (Å²) < 4.78 is 37.1. The lowest BCUT2D eigenvalue weighted by molar-refractivity contribution is -0.160. The van der Waals surface area contributed by atoms with Crippen LogP contribution in [0, 0.1) is 6.92 Å². The highest BCUT2D eigenvalue weighted by molar-refractivity contribution is 5.79. The number of carbonyl (C=O) groups excluding carboxylic acids is 1. The van der Waals surface area contributed by atoms with Gasteiger partial charge in [0, 0.05) is 13.1 Å². The standard InChI is InChI=1S/C13H17F3N2O/c1-10-4-2-3-5-11(10)8-12(19)18(7-6-17)9-13(14,15)16/h2-5H,6-9,17H2,1H3. The Kier molecular flexibility index (Phi) is 5.35. The van der Waals surface area contributed by atoms with Gasteiger partial charge < -0.3 is 10.6 Å². The molecule has 6 heteroatoms. The highest BCUT2D eigenvalue weighted by atomic mass is 19.4. The molecule has 0 aromatic heterocycles. The summed E-state index contributed by atoms with van der Waals surface area (Å²) in [6.07, 6.45) is -4.45. The fourth-order valence-electron chi connectivity index (χ4n) is 1.75. The van der Waals surface area contributed by atoms with Crippen molar-refractivity contribution >= 4 is 5.91 Å². The molecule has 0 unspecified atom stereocenters. The number of nitrogens with two attached hydrogens (primary N) is 1. The number of alkyl halides is 3. The maximum absolute atomic E-state index is 12.4. The first-order chi connectivity index (χ1) is 8.83. The third-order valence-electron chi connectivity index (χ3n) is 2.72. The van der Waals surface area contributed by atoms with Crippen LogP contribution < -0.4 is 5.73 Å². The largest absolute Gasteiger partial charge is 0.406 e. The molecule has 0 aliphatic heterocycles. The summed E-state index contributed by atoms with van der Waals surface area (Å²) >= 11 is 0. The van der Waals surface area contributed by atoms with E-state index in [0.29, 0.717) is 0 Å². The van der Waals surface area contributed by atoms with Crippen LogP contribution in [0.4, 0.5) is 13.2 Å². The fraction of sp³-hybridized carbons (Fsp3) is 0.462. The molecular formula is C13H17F3N2O.